The molecule has 2 aromatic rings. The predicted molar refractivity (Wildman–Crippen MR) is 105 cm³/mol. The molecule has 2 N–H and O–H groups in total. The third-order valence-electron chi connectivity index (χ3n) is 3.85. The number of aliphatic carboxylic acids is 1. The van der Waals surface area contributed by atoms with Gasteiger partial charge in [0.05, 0.1) is 16.3 Å². The predicted octanol–water partition coefficient (Wildman–Crippen LogP) is 1.43. The Hall–Kier alpha value is -3.95. The van der Waals surface area contributed by atoms with Crippen LogP contribution in [0.3, 0.4) is 0 Å². The quantitative estimate of drug-likeness (QED) is 0.636. The number of carbonyl (C=O) groups excluding carboxylic acids is 1. The number of carboxylic acid groups (broad SMARTS) is 1. The van der Waals surface area contributed by atoms with Crippen molar-refractivity contribution in [3.63, 3.8) is 0 Å². The van der Waals surface area contributed by atoms with Crippen LogP contribution in [0.2, 0.25) is 0 Å². The molecule has 1 amide bonds. The number of benzene rings is 2. The Bertz CT molecular complexity index is 1190. The molecular weight excluding hydrogens is 412 g/mol. The fourth-order valence-electron chi connectivity index (χ4n) is 2.46. The number of azo groups is 1. The van der Waals surface area contributed by atoms with E-state index >= 15 is 0 Å². The molecule has 11 nitrogen and oxygen atoms in total. The molecule has 1 heterocycles. The van der Waals surface area contributed by atoms with E-state index in [0.29, 0.717) is 5.69 Å². The summed E-state index contributed by atoms with van der Waals surface area (Å²) in [7, 11) is -4.07. The van der Waals surface area contributed by atoms with Gasteiger partial charge in [-0.15, -0.1) is 0 Å². The molecule has 0 aliphatic carbocycles. The SMILES string of the molecule is N#CC1=NN(c2ccccc2)C(=O)C1N=Nc1cccc(S(=O)(=O)NCC(=O)O)c1. The Morgan fingerprint density at radius 3 is 2.63 bits per heavy atom. The summed E-state index contributed by atoms with van der Waals surface area (Å²) in [6, 6.07) is 14.3. The van der Waals surface area contributed by atoms with Gasteiger partial charge in [-0.3, -0.25) is 9.59 Å². The molecule has 0 saturated carbocycles. The van der Waals surface area contributed by atoms with Gasteiger partial charge in [-0.25, -0.2) is 8.42 Å². The molecule has 1 aliphatic rings. The Balaban J connectivity index is 1.82. The molecular formula is C18H14N6O5S. The largest absolute Gasteiger partial charge is 0.480 e. The average molecular weight is 426 g/mol. The fourth-order valence-corrected chi connectivity index (χ4v) is 3.48. The van der Waals surface area contributed by atoms with Crippen LogP contribution in [0, 0.1) is 11.3 Å². The highest BCUT2D eigenvalue weighted by atomic mass is 32.2. The van der Waals surface area contributed by atoms with Crippen molar-refractivity contribution in [2.24, 2.45) is 15.3 Å². The number of carboxylic acids is 1. The highest BCUT2D eigenvalue weighted by Gasteiger charge is 2.37. The van der Waals surface area contributed by atoms with Crippen LogP contribution in [-0.2, 0) is 19.6 Å². The Labute approximate surface area is 171 Å². The lowest BCUT2D eigenvalue weighted by atomic mass is 10.2. The minimum absolute atomic E-state index is 0.0939. The Morgan fingerprint density at radius 1 is 1.23 bits per heavy atom. The van der Waals surface area contributed by atoms with Crippen molar-refractivity contribution in [2.45, 2.75) is 10.9 Å². The minimum Gasteiger partial charge on any atom is -0.480 e. The molecule has 12 heteroatoms. The first-order chi connectivity index (χ1) is 14.3. The molecule has 0 bridgehead atoms. The topological polar surface area (TPSA) is 165 Å². The molecule has 3 rings (SSSR count). The van der Waals surface area contributed by atoms with Crippen molar-refractivity contribution in [3.05, 3.63) is 54.6 Å². The van der Waals surface area contributed by atoms with Crippen LogP contribution in [0.1, 0.15) is 0 Å². The normalized spacial score (nSPS) is 16.5. The molecule has 30 heavy (non-hydrogen) atoms. The van der Waals surface area contributed by atoms with Gasteiger partial charge in [0.1, 0.15) is 12.6 Å². The van der Waals surface area contributed by atoms with Crippen LogP contribution in [0.15, 0.2) is 74.8 Å². The number of anilines is 1. The van der Waals surface area contributed by atoms with Gasteiger partial charge in [0, 0.05) is 0 Å². The second kappa shape index (κ2) is 8.60. The summed E-state index contributed by atoms with van der Waals surface area (Å²) >= 11 is 0. The lowest BCUT2D eigenvalue weighted by Crippen LogP contribution is -2.30. The van der Waals surface area contributed by atoms with Gasteiger partial charge in [0.25, 0.3) is 5.91 Å². The van der Waals surface area contributed by atoms with E-state index in [1.54, 1.807) is 30.3 Å². The number of rotatable bonds is 7. The van der Waals surface area contributed by atoms with Gasteiger partial charge < -0.3 is 5.11 Å². The van der Waals surface area contributed by atoms with E-state index in [1.807, 2.05) is 10.8 Å². The van der Waals surface area contributed by atoms with Crippen molar-refractivity contribution in [3.8, 4) is 6.07 Å². The summed E-state index contributed by atoms with van der Waals surface area (Å²) in [6.45, 7) is -0.776. The van der Waals surface area contributed by atoms with Crippen LogP contribution in [0.5, 0.6) is 0 Å². The number of hydrazone groups is 1. The Kier molecular flexibility index (Phi) is 5.95. The highest BCUT2D eigenvalue weighted by Crippen LogP contribution is 2.24. The summed E-state index contributed by atoms with van der Waals surface area (Å²) in [5.41, 5.74) is 0.404. The highest BCUT2D eigenvalue weighted by molar-refractivity contribution is 7.89. The molecule has 152 valence electrons. The van der Waals surface area contributed by atoms with Crippen molar-refractivity contribution in [2.75, 3.05) is 11.6 Å². The summed E-state index contributed by atoms with van der Waals surface area (Å²) in [5.74, 6) is -1.91. The first kappa shape index (κ1) is 20.8. The van der Waals surface area contributed by atoms with Gasteiger partial charge in [-0.1, -0.05) is 24.3 Å². The number of nitrogens with one attached hydrogen (secondary N) is 1. The standard InChI is InChI=1S/C18H14N6O5S/c19-10-15-17(18(27)24(23-15)13-6-2-1-3-7-13)22-21-12-5-4-8-14(9-12)30(28,29)20-11-16(25)26/h1-9,17,20H,11H2,(H,25,26). The van der Waals surface area contributed by atoms with Crippen LogP contribution in [0.4, 0.5) is 11.4 Å². The van der Waals surface area contributed by atoms with Crippen LogP contribution in [-0.4, -0.2) is 43.7 Å². The third kappa shape index (κ3) is 4.54. The van der Waals surface area contributed by atoms with Gasteiger partial charge in [0.15, 0.2) is 5.71 Å². The van der Waals surface area contributed by atoms with Crippen molar-refractivity contribution < 1.29 is 23.1 Å². The number of nitriles is 1. The molecule has 0 spiro atoms. The second-order valence-corrected chi connectivity index (χ2v) is 7.68. The number of hydrogen-bond donors (Lipinski definition) is 2. The van der Waals surface area contributed by atoms with Crippen molar-refractivity contribution in [1.82, 2.24) is 4.72 Å². The molecule has 1 unspecified atom stereocenters. The number of sulfonamides is 1. The zero-order valence-corrected chi connectivity index (χ0v) is 16.0. The van der Waals surface area contributed by atoms with E-state index in [0.717, 1.165) is 11.1 Å². The van der Waals surface area contributed by atoms with Gasteiger partial charge in [-0.05, 0) is 30.3 Å². The summed E-state index contributed by atoms with van der Waals surface area (Å²) in [5, 5.41) is 30.7. The fraction of sp³-hybridized carbons (Fsp3) is 0.111. The zero-order valence-electron chi connectivity index (χ0n) is 15.2. The van der Waals surface area contributed by atoms with Crippen LogP contribution in [0.25, 0.3) is 0 Å². The number of amides is 1. The van der Waals surface area contributed by atoms with E-state index in [2.05, 4.69) is 15.3 Å². The van der Waals surface area contributed by atoms with Gasteiger partial charge >= 0.3 is 5.97 Å². The van der Waals surface area contributed by atoms with Crippen molar-refractivity contribution in [1.29, 1.82) is 5.26 Å². The zero-order chi connectivity index (χ0) is 21.7. The lowest BCUT2D eigenvalue weighted by molar-refractivity contribution is -0.135. The molecule has 1 aliphatic heterocycles. The maximum atomic E-state index is 12.6. The minimum atomic E-state index is -4.07. The first-order valence-electron chi connectivity index (χ1n) is 8.42. The molecule has 0 aromatic heterocycles. The van der Waals surface area contributed by atoms with Crippen LogP contribution < -0.4 is 9.73 Å². The smallest absolute Gasteiger partial charge is 0.318 e. The third-order valence-corrected chi connectivity index (χ3v) is 5.25. The van der Waals surface area contributed by atoms with Gasteiger partial charge in [-0.2, -0.15) is 30.3 Å². The number of para-hydroxylation sites is 1. The summed E-state index contributed by atoms with van der Waals surface area (Å²) < 4.78 is 26.2. The number of carbonyl (C=O) groups is 2. The molecule has 2 aromatic carbocycles. The van der Waals surface area contributed by atoms with Gasteiger partial charge in [0.2, 0.25) is 16.1 Å². The summed E-state index contributed by atoms with van der Waals surface area (Å²) in [4.78, 5) is 23.0. The monoisotopic (exact) mass is 426 g/mol. The molecule has 1 atom stereocenters. The lowest BCUT2D eigenvalue weighted by Gasteiger charge is -2.11. The second-order valence-electron chi connectivity index (χ2n) is 5.92. The first-order valence-corrected chi connectivity index (χ1v) is 9.90. The van der Waals surface area contributed by atoms with E-state index in [1.165, 1.54) is 18.2 Å². The van der Waals surface area contributed by atoms with Crippen LogP contribution >= 0.6 is 0 Å². The van der Waals surface area contributed by atoms with E-state index in [-0.39, 0.29) is 16.3 Å². The van der Waals surface area contributed by atoms with Crippen molar-refractivity contribution >= 4 is 39.0 Å². The maximum Gasteiger partial charge on any atom is 0.318 e. The number of hydrogen-bond acceptors (Lipinski definition) is 8. The maximum absolute atomic E-state index is 12.6. The van der Waals surface area contributed by atoms with E-state index < -0.39 is 34.5 Å². The van der Waals surface area contributed by atoms with E-state index in [4.69, 9.17) is 5.11 Å². The molecule has 0 radical (unpaired) electrons. The average Bonchev–Trinajstić information content (AvgIpc) is 3.07. The van der Waals surface area contributed by atoms with E-state index in [9.17, 15) is 23.3 Å². The number of nitrogens with zero attached hydrogens (tertiary/aromatic N) is 5. The molecule has 0 saturated heterocycles. The summed E-state index contributed by atoms with van der Waals surface area (Å²) in [6.07, 6.45) is 0. The molecule has 0 fully saturated rings. The Morgan fingerprint density at radius 2 is 1.97 bits per heavy atom.